The highest BCUT2D eigenvalue weighted by atomic mass is 16.5. The Morgan fingerprint density at radius 2 is 1.94 bits per heavy atom. The molecule has 0 unspecified atom stereocenters. The number of carbonyl (C=O) groups is 1. The number of fused-ring (bicyclic) bond motifs is 1. The van der Waals surface area contributed by atoms with Crippen molar-refractivity contribution < 1.29 is 9.53 Å². The fourth-order valence-electron chi connectivity index (χ4n) is 3.74. The number of pyridine rings is 1. The van der Waals surface area contributed by atoms with Gasteiger partial charge in [-0.3, -0.25) is 9.59 Å². The smallest absolute Gasteiger partial charge is 0.277 e. The van der Waals surface area contributed by atoms with Gasteiger partial charge >= 0.3 is 0 Å². The Bertz CT molecular complexity index is 1100. The van der Waals surface area contributed by atoms with Crippen molar-refractivity contribution in [1.82, 2.24) is 25.3 Å². The van der Waals surface area contributed by atoms with Crippen molar-refractivity contribution in [3.05, 3.63) is 58.5 Å². The first-order valence-electron chi connectivity index (χ1n) is 10.4. The minimum Gasteiger partial charge on any atom is -0.372 e. The molecule has 162 valence electrons. The summed E-state index contributed by atoms with van der Waals surface area (Å²) in [6.45, 7) is 6.29. The van der Waals surface area contributed by atoms with Crippen molar-refractivity contribution >= 4 is 22.6 Å². The number of anilines is 1. The van der Waals surface area contributed by atoms with E-state index >= 15 is 0 Å². The van der Waals surface area contributed by atoms with Gasteiger partial charge in [0.15, 0.2) is 0 Å². The lowest BCUT2D eigenvalue weighted by Gasteiger charge is -2.36. The minimum absolute atomic E-state index is 0.141. The molecule has 9 heteroatoms. The number of nitrogens with one attached hydrogen (secondary N) is 1. The molecule has 1 fully saturated rings. The fraction of sp³-hybridized carbons (Fsp3) is 0.409. The lowest BCUT2D eigenvalue weighted by molar-refractivity contribution is -0.121. The van der Waals surface area contributed by atoms with E-state index in [0.717, 1.165) is 24.5 Å². The molecule has 3 aromatic rings. The first-order valence-corrected chi connectivity index (χ1v) is 10.4. The van der Waals surface area contributed by atoms with Crippen molar-refractivity contribution in [1.29, 1.82) is 0 Å². The Labute approximate surface area is 180 Å². The molecule has 1 aliphatic rings. The van der Waals surface area contributed by atoms with E-state index in [0.29, 0.717) is 17.4 Å². The van der Waals surface area contributed by atoms with E-state index in [1.165, 1.54) is 4.68 Å². The number of hydrogen-bond donors (Lipinski definition) is 1. The van der Waals surface area contributed by atoms with Crippen LogP contribution in [0, 0.1) is 0 Å². The monoisotopic (exact) mass is 422 g/mol. The van der Waals surface area contributed by atoms with E-state index in [1.807, 2.05) is 12.1 Å². The highest BCUT2D eigenvalue weighted by Crippen LogP contribution is 2.18. The first-order chi connectivity index (χ1) is 15.0. The van der Waals surface area contributed by atoms with Crippen LogP contribution in [0.5, 0.6) is 0 Å². The lowest BCUT2D eigenvalue weighted by atomic mass is 10.2. The largest absolute Gasteiger partial charge is 0.372 e. The van der Waals surface area contributed by atoms with E-state index in [4.69, 9.17) is 4.74 Å². The number of benzene rings is 1. The van der Waals surface area contributed by atoms with Crippen molar-refractivity contribution in [2.75, 3.05) is 18.0 Å². The van der Waals surface area contributed by atoms with Gasteiger partial charge in [-0.05, 0) is 37.6 Å². The average molecular weight is 422 g/mol. The normalized spacial score (nSPS) is 18.8. The highest BCUT2D eigenvalue weighted by Gasteiger charge is 2.23. The van der Waals surface area contributed by atoms with Crippen LogP contribution in [-0.4, -0.2) is 51.2 Å². The second-order valence-electron chi connectivity index (χ2n) is 7.85. The molecule has 1 aromatic carbocycles. The summed E-state index contributed by atoms with van der Waals surface area (Å²) >= 11 is 0. The van der Waals surface area contributed by atoms with Gasteiger partial charge in [0.2, 0.25) is 5.91 Å². The number of nitrogens with zero attached hydrogens (tertiary/aromatic N) is 5. The molecule has 1 N–H and O–H groups in total. The number of amides is 1. The molecule has 0 bridgehead atoms. The van der Waals surface area contributed by atoms with Gasteiger partial charge in [0, 0.05) is 32.3 Å². The third-order valence-electron chi connectivity index (χ3n) is 5.22. The summed E-state index contributed by atoms with van der Waals surface area (Å²) < 4.78 is 6.99. The molecule has 0 aliphatic carbocycles. The quantitative estimate of drug-likeness (QED) is 0.642. The van der Waals surface area contributed by atoms with Gasteiger partial charge in [-0.2, -0.15) is 0 Å². The summed E-state index contributed by atoms with van der Waals surface area (Å²) in [5, 5.41) is 11.3. The predicted molar refractivity (Wildman–Crippen MR) is 117 cm³/mol. The average Bonchev–Trinajstić information content (AvgIpc) is 2.77. The number of hydrogen-bond acceptors (Lipinski definition) is 7. The number of ether oxygens (including phenoxy) is 1. The molecule has 2 aromatic heterocycles. The molecular weight excluding hydrogens is 396 g/mol. The fourth-order valence-corrected chi connectivity index (χ4v) is 3.74. The Balaban J connectivity index is 1.29. The summed E-state index contributed by atoms with van der Waals surface area (Å²) in [5.41, 5.74) is 1.21. The zero-order chi connectivity index (χ0) is 21.8. The van der Waals surface area contributed by atoms with Crippen molar-refractivity contribution in [2.24, 2.45) is 0 Å². The van der Waals surface area contributed by atoms with Crippen molar-refractivity contribution in [3.8, 4) is 0 Å². The Kier molecular flexibility index (Phi) is 6.22. The van der Waals surface area contributed by atoms with Crippen LogP contribution in [0.2, 0.25) is 0 Å². The van der Waals surface area contributed by atoms with Crippen LogP contribution < -0.4 is 15.8 Å². The van der Waals surface area contributed by atoms with Gasteiger partial charge in [0.1, 0.15) is 11.3 Å². The highest BCUT2D eigenvalue weighted by molar-refractivity contribution is 5.77. The van der Waals surface area contributed by atoms with Crippen LogP contribution in [0.1, 0.15) is 25.8 Å². The summed E-state index contributed by atoms with van der Waals surface area (Å²) in [5.74, 6) is 0.744. The summed E-state index contributed by atoms with van der Waals surface area (Å²) in [6, 6.07) is 11.0. The Hall–Kier alpha value is -3.33. The third kappa shape index (κ3) is 5.05. The van der Waals surface area contributed by atoms with Crippen molar-refractivity contribution in [2.45, 2.75) is 45.6 Å². The lowest BCUT2D eigenvalue weighted by Crippen LogP contribution is -2.45. The zero-order valence-corrected chi connectivity index (χ0v) is 17.7. The minimum atomic E-state index is -0.245. The first kappa shape index (κ1) is 20.9. The maximum atomic E-state index is 12.4. The topological polar surface area (TPSA) is 102 Å². The van der Waals surface area contributed by atoms with E-state index in [1.54, 1.807) is 30.5 Å². The summed E-state index contributed by atoms with van der Waals surface area (Å²) in [7, 11) is 0. The van der Waals surface area contributed by atoms with Gasteiger partial charge in [0.25, 0.3) is 5.56 Å². The second-order valence-corrected chi connectivity index (χ2v) is 7.85. The van der Waals surface area contributed by atoms with Crippen LogP contribution in [0.3, 0.4) is 0 Å². The molecule has 0 spiro atoms. The molecule has 2 atom stereocenters. The molecule has 0 radical (unpaired) electrons. The Morgan fingerprint density at radius 1 is 1.16 bits per heavy atom. The van der Waals surface area contributed by atoms with Gasteiger partial charge in [-0.25, -0.2) is 9.67 Å². The molecule has 1 amide bonds. The van der Waals surface area contributed by atoms with Gasteiger partial charge in [0.05, 0.1) is 24.1 Å². The summed E-state index contributed by atoms with van der Waals surface area (Å²) in [6.07, 6.45) is 2.26. The van der Waals surface area contributed by atoms with Crippen LogP contribution in [-0.2, 0) is 22.6 Å². The SMILES string of the molecule is C[C@H]1CN(c2ccc(CNC(=O)CCn3nnc4ccccc4c3=O)cn2)C[C@H](C)O1. The standard InChI is InChI=1S/C22H26N6O3/c1-15-13-27(14-16(2)31-15)20-8-7-17(11-23-20)12-24-21(29)9-10-28-22(30)18-5-3-4-6-19(18)25-26-28/h3-8,11,15-16H,9-10,12-14H2,1-2H3,(H,24,29)/t15-,16-/m0/s1. The van der Waals surface area contributed by atoms with Crippen LogP contribution in [0.15, 0.2) is 47.4 Å². The Morgan fingerprint density at radius 3 is 2.68 bits per heavy atom. The van der Waals surface area contributed by atoms with Gasteiger partial charge < -0.3 is 15.0 Å². The van der Waals surface area contributed by atoms with Gasteiger partial charge in [-0.15, -0.1) is 5.10 Å². The molecular formula is C22H26N6O3. The van der Waals surface area contributed by atoms with E-state index in [-0.39, 0.29) is 36.6 Å². The maximum Gasteiger partial charge on any atom is 0.277 e. The second kappa shape index (κ2) is 9.22. The maximum absolute atomic E-state index is 12.4. The number of aryl methyl sites for hydroxylation is 1. The molecule has 4 rings (SSSR count). The molecule has 1 saturated heterocycles. The summed E-state index contributed by atoms with van der Waals surface area (Å²) in [4.78, 5) is 31.4. The zero-order valence-electron chi connectivity index (χ0n) is 17.7. The number of rotatable bonds is 6. The third-order valence-corrected chi connectivity index (χ3v) is 5.22. The number of aromatic nitrogens is 4. The number of morpholine rings is 1. The van der Waals surface area contributed by atoms with E-state index in [9.17, 15) is 9.59 Å². The predicted octanol–water partition coefficient (Wildman–Crippen LogP) is 1.51. The van der Waals surface area contributed by atoms with Crippen LogP contribution in [0.4, 0.5) is 5.82 Å². The van der Waals surface area contributed by atoms with Crippen LogP contribution >= 0.6 is 0 Å². The number of carbonyl (C=O) groups excluding carboxylic acids is 1. The van der Waals surface area contributed by atoms with E-state index in [2.05, 4.69) is 39.4 Å². The van der Waals surface area contributed by atoms with E-state index < -0.39 is 0 Å². The van der Waals surface area contributed by atoms with Gasteiger partial charge in [-0.1, -0.05) is 23.4 Å². The van der Waals surface area contributed by atoms with Crippen LogP contribution in [0.25, 0.3) is 10.9 Å². The molecule has 3 heterocycles. The van der Waals surface area contributed by atoms with Crippen molar-refractivity contribution in [3.63, 3.8) is 0 Å². The molecule has 0 saturated carbocycles. The molecule has 31 heavy (non-hydrogen) atoms. The molecule has 1 aliphatic heterocycles. The molecule has 9 nitrogen and oxygen atoms in total.